The second-order valence-electron chi connectivity index (χ2n) is 4.32. The Balaban J connectivity index is 2.54. The minimum absolute atomic E-state index is 0.0950. The fourth-order valence-corrected chi connectivity index (χ4v) is 2.95. The minimum Gasteiger partial charge on any atom is -0.449 e. The number of ether oxygens (including phenoxy) is 1. The lowest BCUT2D eigenvalue weighted by Crippen LogP contribution is -1.98. The third-order valence-electron chi connectivity index (χ3n) is 2.80. The number of alkyl halides is 1. The first kappa shape index (κ1) is 16.3. The fourth-order valence-electron chi connectivity index (χ4n) is 1.82. The van der Waals surface area contributed by atoms with Gasteiger partial charge in [0.25, 0.3) is 0 Å². The van der Waals surface area contributed by atoms with Crippen molar-refractivity contribution in [2.24, 2.45) is 0 Å². The predicted molar refractivity (Wildman–Crippen MR) is 89.3 cm³/mol. The molecule has 2 aromatic rings. The van der Waals surface area contributed by atoms with Gasteiger partial charge in [0.15, 0.2) is 0 Å². The highest BCUT2D eigenvalue weighted by atomic mass is 79.9. The van der Waals surface area contributed by atoms with Gasteiger partial charge in [0.1, 0.15) is 5.75 Å². The Morgan fingerprint density at radius 2 is 1.95 bits per heavy atom. The van der Waals surface area contributed by atoms with Crippen LogP contribution >= 0.6 is 43.5 Å². The Labute approximate surface area is 143 Å². The number of benzene rings is 2. The molecule has 0 unspecified atom stereocenters. The van der Waals surface area contributed by atoms with Gasteiger partial charge in [0, 0.05) is 20.6 Å². The molecular formula is C14H10Br2ClNO3. The van der Waals surface area contributed by atoms with Crippen molar-refractivity contribution in [3.05, 3.63) is 60.5 Å². The predicted octanol–water partition coefficient (Wildman–Crippen LogP) is 5.96. The van der Waals surface area contributed by atoms with Crippen LogP contribution in [-0.2, 0) is 5.88 Å². The lowest BCUT2D eigenvalue weighted by atomic mass is 10.2. The molecule has 4 nitrogen and oxygen atoms in total. The molecule has 0 aromatic heterocycles. The highest BCUT2D eigenvalue weighted by molar-refractivity contribution is 9.10. The number of halogens is 3. The molecule has 110 valence electrons. The van der Waals surface area contributed by atoms with Crippen LogP contribution in [0, 0.1) is 17.0 Å². The van der Waals surface area contributed by atoms with Crippen LogP contribution in [0.3, 0.4) is 0 Å². The van der Waals surface area contributed by atoms with Crippen molar-refractivity contribution < 1.29 is 9.66 Å². The number of nitro groups is 1. The van der Waals surface area contributed by atoms with E-state index in [4.69, 9.17) is 16.3 Å². The summed E-state index contributed by atoms with van der Waals surface area (Å²) in [7, 11) is 0. The van der Waals surface area contributed by atoms with Gasteiger partial charge in [0.05, 0.1) is 10.8 Å². The highest BCUT2D eigenvalue weighted by Crippen LogP contribution is 2.39. The first-order chi connectivity index (χ1) is 9.92. The molecule has 0 aliphatic carbocycles. The monoisotopic (exact) mass is 433 g/mol. The number of rotatable bonds is 4. The van der Waals surface area contributed by atoms with Crippen molar-refractivity contribution in [2.75, 3.05) is 0 Å². The molecule has 0 amide bonds. The minimum atomic E-state index is -0.467. The summed E-state index contributed by atoms with van der Waals surface area (Å²) in [6.07, 6.45) is 0. The Morgan fingerprint density at radius 3 is 2.57 bits per heavy atom. The van der Waals surface area contributed by atoms with Gasteiger partial charge in [-0.3, -0.25) is 10.1 Å². The Hall–Kier alpha value is -1.11. The van der Waals surface area contributed by atoms with Gasteiger partial charge in [-0.2, -0.15) is 0 Å². The van der Waals surface area contributed by atoms with E-state index in [0.717, 1.165) is 10.0 Å². The summed E-state index contributed by atoms with van der Waals surface area (Å²) in [4.78, 5) is 10.7. The lowest BCUT2D eigenvalue weighted by Gasteiger charge is -2.12. The van der Waals surface area contributed by atoms with Crippen LogP contribution in [0.4, 0.5) is 5.69 Å². The molecule has 0 bridgehead atoms. The summed E-state index contributed by atoms with van der Waals surface area (Å²) in [5, 5.41) is 11.2. The van der Waals surface area contributed by atoms with Gasteiger partial charge in [-0.1, -0.05) is 37.9 Å². The summed E-state index contributed by atoms with van der Waals surface area (Å²) in [6, 6.07) is 8.57. The van der Waals surface area contributed by atoms with Crippen LogP contribution in [0.2, 0.25) is 0 Å². The first-order valence-electron chi connectivity index (χ1n) is 5.89. The summed E-state index contributed by atoms with van der Waals surface area (Å²) < 4.78 is 7.22. The maximum absolute atomic E-state index is 11.2. The summed E-state index contributed by atoms with van der Waals surface area (Å²) in [5.74, 6) is 0.965. The Kier molecular flexibility index (Phi) is 5.24. The zero-order chi connectivity index (χ0) is 15.6. The average molecular weight is 435 g/mol. The summed E-state index contributed by atoms with van der Waals surface area (Å²) >= 11 is 12.5. The van der Waals surface area contributed by atoms with E-state index in [0.29, 0.717) is 15.8 Å². The van der Waals surface area contributed by atoms with Crippen molar-refractivity contribution in [1.29, 1.82) is 0 Å². The van der Waals surface area contributed by atoms with Crippen LogP contribution in [0.25, 0.3) is 0 Å². The zero-order valence-electron chi connectivity index (χ0n) is 10.9. The molecule has 0 aliphatic heterocycles. The molecule has 0 aliphatic rings. The Morgan fingerprint density at radius 1 is 1.24 bits per heavy atom. The van der Waals surface area contributed by atoms with E-state index in [1.165, 1.54) is 6.07 Å². The molecule has 0 saturated heterocycles. The van der Waals surface area contributed by atoms with E-state index in [1.807, 2.05) is 12.1 Å². The maximum atomic E-state index is 11.2. The molecule has 0 N–H and O–H groups in total. The molecule has 0 radical (unpaired) electrons. The van der Waals surface area contributed by atoms with Crippen LogP contribution in [0.1, 0.15) is 11.1 Å². The fraction of sp³-hybridized carbons (Fsp3) is 0.143. The van der Waals surface area contributed by atoms with E-state index in [2.05, 4.69) is 31.9 Å². The van der Waals surface area contributed by atoms with Crippen LogP contribution in [-0.4, -0.2) is 4.92 Å². The normalized spacial score (nSPS) is 10.5. The van der Waals surface area contributed by atoms with Crippen molar-refractivity contribution in [2.45, 2.75) is 12.8 Å². The van der Waals surface area contributed by atoms with Crippen molar-refractivity contribution >= 4 is 49.1 Å². The standard InChI is InChI=1S/C14H10Br2ClNO3/c1-8-4-11(16)5-12(18(19)20)14(8)21-13-6-10(15)3-2-9(13)7-17/h2-6H,7H2,1H3. The van der Waals surface area contributed by atoms with E-state index < -0.39 is 4.92 Å². The number of nitrogens with zero attached hydrogens (tertiary/aromatic N) is 1. The lowest BCUT2D eigenvalue weighted by molar-refractivity contribution is -0.385. The molecule has 0 atom stereocenters. The van der Waals surface area contributed by atoms with Gasteiger partial charge < -0.3 is 4.74 Å². The van der Waals surface area contributed by atoms with Crippen LogP contribution in [0.15, 0.2) is 39.3 Å². The summed E-state index contributed by atoms with van der Waals surface area (Å²) in [5.41, 5.74) is 1.33. The van der Waals surface area contributed by atoms with Crippen LogP contribution in [0.5, 0.6) is 11.5 Å². The molecule has 2 rings (SSSR count). The molecule has 21 heavy (non-hydrogen) atoms. The largest absolute Gasteiger partial charge is 0.449 e. The molecule has 2 aromatic carbocycles. The number of hydrogen-bond acceptors (Lipinski definition) is 3. The van der Waals surface area contributed by atoms with Gasteiger partial charge >= 0.3 is 5.69 Å². The van der Waals surface area contributed by atoms with Gasteiger partial charge in [-0.05, 0) is 30.7 Å². The average Bonchev–Trinajstić information content (AvgIpc) is 2.41. The third kappa shape index (κ3) is 3.75. The van der Waals surface area contributed by atoms with Gasteiger partial charge in [-0.25, -0.2) is 0 Å². The topological polar surface area (TPSA) is 52.4 Å². The summed E-state index contributed by atoms with van der Waals surface area (Å²) in [6.45, 7) is 1.76. The van der Waals surface area contributed by atoms with E-state index in [1.54, 1.807) is 19.1 Å². The number of aryl methyl sites for hydroxylation is 1. The van der Waals surface area contributed by atoms with E-state index >= 15 is 0 Å². The highest BCUT2D eigenvalue weighted by Gasteiger charge is 2.20. The molecule has 0 fully saturated rings. The molecule has 0 heterocycles. The van der Waals surface area contributed by atoms with E-state index in [-0.39, 0.29) is 17.3 Å². The van der Waals surface area contributed by atoms with Gasteiger partial charge in [0.2, 0.25) is 5.75 Å². The second-order valence-corrected chi connectivity index (χ2v) is 6.41. The second kappa shape index (κ2) is 6.77. The molecular weight excluding hydrogens is 425 g/mol. The zero-order valence-corrected chi connectivity index (χ0v) is 14.8. The van der Waals surface area contributed by atoms with Gasteiger partial charge in [-0.15, -0.1) is 11.6 Å². The van der Waals surface area contributed by atoms with Crippen molar-refractivity contribution in [3.63, 3.8) is 0 Å². The quantitative estimate of drug-likeness (QED) is 0.338. The molecule has 7 heteroatoms. The van der Waals surface area contributed by atoms with Crippen molar-refractivity contribution in [1.82, 2.24) is 0 Å². The molecule has 0 spiro atoms. The van der Waals surface area contributed by atoms with E-state index in [9.17, 15) is 10.1 Å². The Bertz CT molecular complexity index is 707. The SMILES string of the molecule is Cc1cc(Br)cc([N+](=O)[O-])c1Oc1cc(Br)ccc1CCl. The third-order valence-corrected chi connectivity index (χ3v) is 4.04. The van der Waals surface area contributed by atoms with Crippen molar-refractivity contribution in [3.8, 4) is 11.5 Å². The molecule has 0 saturated carbocycles. The van der Waals surface area contributed by atoms with Crippen LogP contribution < -0.4 is 4.74 Å². The smallest absolute Gasteiger partial charge is 0.312 e. The first-order valence-corrected chi connectivity index (χ1v) is 8.01. The number of nitro benzene ring substituents is 1. The number of hydrogen-bond donors (Lipinski definition) is 0. The maximum Gasteiger partial charge on any atom is 0.312 e.